The van der Waals surface area contributed by atoms with Gasteiger partial charge in [0.2, 0.25) is 15.9 Å². The van der Waals surface area contributed by atoms with E-state index in [-0.39, 0.29) is 49.4 Å². The number of para-hydroxylation sites is 1. The number of amides is 1. The Morgan fingerprint density at radius 2 is 1.81 bits per heavy atom. The van der Waals surface area contributed by atoms with Gasteiger partial charge in [0.25, 0.3) is 5.69 Å². The molecule has 2 rings (SSSR count). The molecule has 1 saturated heterocycles. The van der Waals surface area contributed by atoms with Crippen LogP contribution in [-0.2, 0) is 14.8 Å². The van der Waals surface area contributed by atoms with Crippen LogP contribution in [0, 0.1) is 10.1 Å². The highest BCUT2D eigenvalue weighted by Gasteiger charge is 2.37. The summed E-state index contributed by atoms with van der Waals surface area (Å²) >= 11 is 0. The molecule has 0 bridgehead atoms. The molecular weight excluding hydrogens is 396 g/mol. The van der Waals surface area contributed by atoms with Crippen molar-refractivity contribution >= 4 is 34.0 Å². The van der Waals surface area contributed by atoms with Crippen molar-refractivity contribution in [2.75, 3.05) is 26.2 Å². The molecular formula is C16H25ClN4O5S. The molecule has 27 heavy (non-hydrogen) atoms. The smallest absolute Gasteiger partial charge is 0.289 e. The van der Waals surface area contributed by atoms with Gasteiger partial charge in [-0.2, -0.15) is 4.31 Å². The Morgan fingerprint density at radius 1 is 1.26 bits per heavy atom. The average Bonchev–Trinajstić information content (AvgIpc) is 2.61. The molecule has 0 radical (unpaired) electrons. The first-order chi connectivity index (χ1) is 12.1. The second kappa shape index (κ2) is 8.96. The molecule has 9 nitrogen and oxygen atoms in total. The van der Waals surface area contributed by atoms with Gasteiger partial charge < -0.3 is 10.6 Å². The summed E-state index contributed by atoms with van der Waals surface area (Å²) in [7, 11) is -4.01. The number of carbonyl (C=O) groups is 1. The van der Waals surface area contributed by atoms with Crippen molar-refractivity contribution in [2.24, 2.45) is 5.73 Å². The maximum atomic E-state index is 12.8. The van der Waals surface area contributed by atoms with Crippen LogP contribution in [0.4, 0.5) is 5.69 Å². The lowest BCUT2D eigenvalue weighted by atomic mass is 9.95. The second-order valence-corrected chi connectivity index (χ2v) is 8.49. The monoisotopic (exact) mass is 420 g/mol. The van der Waals surface area contributed by atoms with E-state index in [1.54, 1.807) is 11.8 Å². The number of hydrogen-bond acceptors (Lipinski definition) is 6. The van der Waals surface area contributed by atoms with E-state index in [4.69, 9.17) is 5.73 Å². The fourth-order valence-corrected chi connectivity index (χ4v) is 4.66. The first-order valence-corrected chi connectivity index (χ1v) is 9.87. The van der Waals surface area contributed by atoms with E-state index in [0.29, 0.717) is 6.42 Å². The van der Waals surface area contributed by atoms with Crippen LogP contribution < -0.4 is 5.73 Å². The standard InChI is InChI=1S/C16H24N4O5S.ClH/c1-3-8-16(2,17)15(21)18-9-11-19(12-10-18)26(24,25)14-7-5-4-6-13(14)20(22)23;/h4-7H,3,8-12,17H2,1-2H3;1H. The van der Waals surface area contributed by atoms with Crippen LogP contribution >= 0.6 is 12.4 Å². The Bertz CT molecular complexity index is 792. The number of nitro benzene ring substituents is 1. The van der Waals surface area contributed by atoms with Crippen LogP contribution in [-0.4, -0.2) is 60.2 Å². The maximum Gasteiger partial charge on any atom is 0.289 e. The summed E-state index contributed by atoms with van der Waals surface area (Å²) in [4.78, 5) is 24.2. The number of carbonyl (C=O) groups excluding carboxylic acids is 1. The molecule has 1 unspecified atom stereocenters. The molecule has 1 aromatic rings. The van der Waals surface area contributed by atoms with Gasteiger partial charge in [0.05, 0.1) is 10.5 Å². The minimum atomic E-state index is -4.01. The van der Waals surface area contributed by atoms with Gasteiger partial charge in [-0.05, 0) is 19.4 Å². The third-order valence-electron chi connectivity index (χ3n) is 4.46. The number of sulfonamides is 1. The van der Waals surface area contributed by atoms with E-state index in [1.165, 1.54) is 22.5 Å². The predicted octanol–water partition coefficient (Wildman–Crippen LogP) is 1.37. The van der Waals surface area contributed by atoms with Gasteiger partial charge in [0, 0.05) is 32.2 Å². The third kappa shape index (κ3) is 4.95. The Kier molecular flexibility index (Phi) is 7.73. The number of piperazine rings is 1. The number of nitrogens with two attached hydrogens (primary N) is 1. The molecule has 2 N–H and O–H groups in total. The summed E-state index contributed by atoms with van der Waals surface area (Å²) in [5, 5.41) is 11.1. The predicted molar refractivity (Wildman–Crippen MR) is 103 cm³/mol. The summed E-state index contributed by atoms with van der Waals surface area (Å²) in [5.74, 6) is -0.206. The first-order valence-electron chi connectivity index (χ1n) is 8.43. The van der Waals surface area contributed by atoms with E-state index in [1.807, 2.05) is 6.92 Å². The van der Waals surface area contributed by atoms with Gasteiger partial charge in [-0.25, -0.2) is 8.42 Å². The van der Waals surface area contributed by atoms with Crippen molar-refractivity contribution in [2.45, 2.75) is 37.1 Å². The number of nitrogens with zero attached hydrogens (tertiary/aromatic N) is 3. The summed E-state index contributed by atoms with van der Waals surface area (Å²) < 4.78 is 26.7. The quantitative estimate of drug-likeness (QED) is 0.546. The summed E-state index contributed by atoms with van der Waals surface area (Å²) in [6.45, 7) is 4.17. The van der Waals surface area contributed by atoms with Crippen molar-refractivity contribution in [1.82, 2.24) is 9.21 Å². The number of rotatable bonds is 6. The van der Waals surface area contributed by atoms with Gasteiger partial charge in [0.15, 0.2) is 4.90 Å². The number of halogens is 1. The van der Waals surface area contributed by atoms with Crippen molar-refractivity contribution in [3.63, 3.8) is 0 Å². The van der Waals surface area contributed by atoms with Crippen molar-refractivity contribution in [1.29, 1.82) is 0 Å². The maximum absolute atomic E-state index is 12.8. The highest BCUT2D eigenvalue weighted by Crippen LogP contribution is 2.27. The van der Waals surface area contributed by atoms with Crippen LogP contribution in [0.15, 0.2) is 29.2 Å². The molecule has 11 heteroatoms. The Labute approximate surface area is 165 Å². The normalized spacial score (nSPS) is 17.7. The molecule has 0 aliphatic carbocycles. The minimum absolute atomic E-state index is 0. The minimum Gasteiger partial charge on any atom is -0.338 e. The molecule has 0 spiro atoms. The van der Waals surface area contributed by atoms with Crippen molar-refractivity contribution in [3.05, 3.63) is 34.4 Å². The topological polar surface area (TPSA) is 127 Å². The molecule has 152 valence electrons. The van der Waals surface area contributed by atoms with Crippen LogP contribution in [0.25, 0.3) is 0 Å². The van der Waals surface area contributed by atoms with Gasteiger partial charge in [0.1, 0.15) is 0 Å². The zero-order valence-corrected chi connectivity index (χ0v) is 17.0. The van der Waals surface area contributed by atoms with Crippen molar-refractivity contribution in [3.8, 4) is 0 Å². The SMILES string of the molecule is CCCC(C)(N)C(=O)N1CCN(S(=O)(=O)c2ccccc2[N+](=O)[O-])CC1.Cl. The lowest BCUT2D eigenvalue weighted by molar-refractivity contribution is -0.387. The largest absolute Gasteiger partial charge is 0.338 e. The lowest BCUT2D eigenvalue weighted by Gasteiger charge is -2.37. The van der Waals surface area contributed by atoms with E-state index in [2.05, 4.69) is 0 Å². The molecule has 1 amide bonds. The van der Waals surface area contributed by atoms with Crippen LogP contribution in [0.1, 0.15) is 26.7 Å². The van der Waals surface area contributed by atoms with Crippen LogP contribution in [0.3, 0.4) is 0 Å². The van der Waals surface area contributed by atoms with E-state index >= 15 is 0 Å². The first kappa shape index (κ1) is 23.3. The Balaban J connectivity index is 0.00000364. The number of hydrogen-bond donors (Lipinski definition) is 1. The summed E-state index contributed by atoms with van der Waals surface area (Å²) in [6.07, 6.45) is 1.31. The molecule has 1 fully saturated rings. The molecule has 0 saturated carbocycles. The van der Waals surface area contributed by atoms with Gasteiger partial charge in [-0.3, -0.25) is 14.9 Å². The van der Waals surface area contributed by atoms with Crippen LogP contribution in [0.2, 0.25) is 0 Å². The molecule has 1 aromatic carbocycles. The second-order valence-electron chi connectivity index (χ2n) is 6.59. The highest BCUT2D eigenvalue weighted by atomic mass is 35.5. The lowest BCUT2D eigenvalue weighted by Crippen LogP contribution is -2.58. The molecule has 1 atom stereocenters. The molecule has 0 aromatic heterocycles. The molecule has 1 aliphatic heterocycles. The van der Waals surface area contributed by atoms with E-state index in [0.717, 1.165) is 12.5 Å². The van der Waals surface area contributed by atoms with Crippen molar-refractivity contribution < 1.29 is 18.1 Å². The third-order valence-corrected chi connectivity index (χ3v) is 6.41. The van der Waals surface area contributed by atoms with Crippen LogP contribution in [0.5, 0.6) is 0 Å². The van der Waals surface area contributed by atoms with Gasteiger partial charge in [-0.15, -0.1) is 12.4 Å². The molecule has 1 aliphatic rings. The number of benzene rings is 1. The summed E-state index contributed by atoms with van der Waals surface area (Å²) in [5.41, 5.74) is 4.63. The fourth-order valence-electron chi connectivity index (χ4n) is 3.08. The Morgan fingerprint density at radius 3 is 2.33 bits per heavy atom. The van der Waals surface area contributed by atoms with E-state index < -0.39 is 26.2 Å². The number of nitro groups is 1. The summed E-state index contributed by atoms with van der Waals surface area (Å²) in [6, 6.07) is 5.26. The fraction of sp³-hybridized carbons (Fsp3) is 0.562. The van der Waals surface area contributed by atoms with E-state index in [9.17, 15) is 23.3 Å². The zero-order chi connectivity index (χ0) is 19.5. The highest BCUT2D eigenvalue weighted by molar-refractivity contribution is 7.89. The van der Waals surface area contributed by atoms with Gasteiger partial charge >= 0.3 is 0 Å². The zero-order valence-electron chi connectivity index (χ0n) is 15.3. The van der Waals surface area contributed by atoms with Gasteiger partial charge in [-0.1, -0.05) is 25.5 Å². The Hall–Kier alpha value is -1.75. The average molecular weight is 421 g/mol. The molecule has 1 heterocycles.